The SMILES string of the molecule is Cc1ccc2nc(Sc3nc(C)cc(C#N)n3)[nH]c2c1. The van der Waals surface area contributed by atoms with Crippen LogP contribution < -0.4 is 0 Å². The monoisotopic (exact) mass is 281 g/mol. The molecule has 1 N–H and O–H groups in total. The number of hydrogen-bond acceptors (Lipinski definition) is 5. The molecule has 0 radical (unpaired) electrons. The van der Waals surface area contributed by atoms with Crippen molar-refractivity contribution in [2.24, 2.45) is 0 Å². The Morgan fingerprint density at radius 3 is 2.80 bits per heavy atom. The first-order valence-corrected chi connectivity index (χ1v) is 6.86. The van der Waals surface area contributed by atoms with Crippen LogP contribution in [0.25, 0.3) is 11.0 Å². The molecule has 98 valence electrons. The minimum Gasteiger partial charge on any atom is -0.333 e. The van der Waals surface area contributed by atoms with E-state index < -0.39 is 0 Å². The van der Waals surface area contributed by atoms with Gasteiger partial charge in [0, 0.05) is 5.69 Å². The molecule has 0 unspecified atom stereocenters. The van der Waals surface area contributed by atoms with Gasteiger partial charge in [-0.3, -0.25) is 0 Å². The maximum atomic E-state index is 8.92. The Hall–Kier alpha value is -2.39. The van der Waals surface area contributed by atoms with Gasteiger partial charge in [-0.2, -0.15) is 5.26 Å². The molecule has 0 saturated carbocycles. The smallest absolute Gasteiger partial charge is 0.196 e. The highest BCUT2D eigenvalue weighted by molar-refractivity contribution is 7.99. The minimum atomic E-state index is 0.368. The van der Waals surface area contributed by atoms with E-state index in [0.717, 1.165) is 21.9 Å². The molecule has 0 aliphatic heterocycles. The normalized spacial score (nSPS) is 10.7. The van der Waals surface area contributed by atoms with Gasteiger partial charge in [0.2, 0.25) is 0 Å². The van der Waals surface area contributed by atoms with Crippen LogP contribution in [0.3, 0.4) is 0 Å². The Bertz CT molecular complexity index is 831. The molecule has 3 aromatic rings. The van der Waals surface area contributed by atoms with Gasteiger partial charge in [0.25, 0.3) is 0 Å². The van der Waals surface area contributed by atoms with Crippen molar-refractivity contribution in [3.63, 3.8) is 0 Å². The predicted molar refractivity (Wildman–Crippen MR) is 76.4 cm³/mol. The molecule has 1 aromatic carbocycles. The van der Waals surface area contributed by atoms with Crippen LogP contribution in [0.2, 0.25) is 0 Å². The van der Waals surface area contributed by atoms with E-state index in [-0.39, 0.29) is 0 Å². The molecule has 0 amide bonds. The number of fused-ring (bicyclic) bond motifs is 1. The average Bonchev–Trinajstić information content (AvgIpc) is 2.79. The maximum Gasteiger partial charge on any atom is 0.196 e. The fourth-order valence-corrected chi connectivity index (χ4v) is 2.69. The fraction of sp³-hybridized carbons (Fsp3) is 0.143. The zero-order chi connectivity index (χ0) is 14.1. The summed E-state index contributed by atoms with van der Waals surface area (Å²) in [5.41, 5.74) is 4.21. The van der Waals surface area contributed by atoms with Crippen molar-refractivity contribution in [2.45, 2.75) is 24.2 Å². The molecule has 0 fully saturated rings. The van der Waals surface area contributed by atoms with Crippen LogP contribution in [0.4, 0.5) is 0 Å². The second-order valence-electron chi connectivity index (χ2n) is 4.45. The molecule has 2 aromatic heterocycles. The molecule has 2 heterocycles. The van der Waals surface area contributed by atoms with E-state index in [1.165, 1.54) is 17.3 Å². The summed E-state index contributed by atoms with van der Waals surface area (Å²) in [4.78, 5) is 16.2. The molecule has 0 aliphatic rings. The van der Waals surface area contributed by atoms with Crippen molar-refractivity contribution in [2.75, 3.05) is 0 Å². The predicted octanol–water partition coefficient (Wildman–Crippen LogP) is 2.99. The quantitative estimate of drug-likeness (QED) is 0.730. The Kier molecular flexibility index (Phi) is 3.12. The second kappa shape index (κ2) is 4.94. The molecule has 0 saturated heterocycles. The minimum absolute atomic E-state index is 0.368. The van der Waals surface area contributed by atoms with Gasteiger partial charge < -0.3 is 4.98 Å². The van der Waals surface area contributed by atoms with Crippen LogP contribution in [0.1, 0.15) is 17.0 Å². The number of nitrogens with zero attached hydrogens (tertiary/aromatic N) is 4. The van der Waals surface area contributed by atoms with Gasteiger partial charge in [0.05, 0.1) is 11.0 Å². The highest BCUT2D eigenvalue weighted by Gasteiger charge is 2.08. The fourth-order valence-electron chi connectivity index (χ4n) is 1.88. The molecule has 3 rings (SSSR count). The molecule has 0 bridgehead atoms. The number of imidazole rings is 1. The Morgan fingerprint density at radius 2 is 2.00 bits per heavy atom. The van der Waals surface area contributed by atoms with Crippen LogP contribution in [-0.2, 0) is 0 Å². The number of benzene rings is 1. The van der Waals surface area contributed by atoms with E-state index in [4.69, 9.17) is 5.26 Å². The molecule has 0 spiro atoms. The summed E-state index contributed by atoms with van der Waals surface area (Å²) in [6, 6.07) is 9.74. The van der Waals surface area contributed by atoms with Gasteiger partial charge in [-0.1, -0.05) is 6.07 Å². The zero-order valence-corrected chi connectivity index (χ0v) is 11.8. The van der Waals surface area contributed by atoms with E-state index in [0.29, 0.717) is 10.9 Å². The second-order valence-corrected chi connectivity index (χ2v) is 5.41. The van der Waals surface area contributed by atoms with Crippen molar-refractivity contribution in [3.8, 4) is 6.07 Å². The lowest BCUT2D eigenvalue weighted by Gasteiger charge is -1.98. The largest absolute Gasteiger partial charge is 0.333 e. The zero-order valence-electron chi connectivity index (χ0n) is 11.0. The average molecular weight is 281 g/mol. The summed E-state index contributed by atoms with van der Waals surface area (Å²) in [5.74, 6) is 0. The molecule has 6 heteroatoms. The lowest BCUT2D eigenvalue weighted by Crippen LogP contribution is -1.93. The molecular weight excluding hydrogens is 270 g/mol. The number of hydrogen-bond donors (Lipinski definition) is 1. The highest BCUT2D eigenvalue weighted by atomic mass is 32.2. The number of rotatable bonds is 2. The van der Waals surface area contributed by atoms with Gasteiger partial charge in [-0.25, -0.2) is 15.0 Å². The summed E-state index contributed by atoms with van der Waals surface area (Å²) in [5, 5.41) is 10.2. The Labute approximate surface area is 120 Å². The number of nitrogens with one attached hydrogen (secondary N) is 1. The molecule has 5 nitrogen and oxygen atoms in total. The number of aromatic amines is 1. The van der Waals surface area contributed by atoms with Crippen LogP contribution in [0.5, 0.6) is 0 Å². The third-order valence-corrected chi connectivity index (χ3v) is 3.50. The molecular formula is C14H11N5S. The van der Waals surface area contributed by atoms with E-state index >= 15 is 0 Å². The van der Waals surface area contributed by atoms with Gasteiger partial charge >= 0.3 is 0 Å². The summed E-state index contributed by atoms with van der Waals surface area (Å²) in [7, 11) is 0. The first-order chi connectivity index (χ1) is 9.64. The number of aryl methyl sites for hydroxylation is 2. The van der Waals surface area contributed by atoms with Gasteiger partial charge in [0.15, 0.2) is 10.3 Å². The van der Waals surface area contributed by atoms with Gasteiger partial charge in [0.1, 0.15) is 11.8 Å². The third kappa shape index (κ3) is 2.49. The summed E-state index contributed by atoms with van der Waals surface area (Å²) in [6.07, 6.45) is 0. The topological polar surface area (TPSA) is 78.2 Å². The number of H-pyrrole nitrogens is 1. The third-order valence-electron chi connectivity index (χ3n) is 2.75. The molecule has 20 heavy (non-hydrogen) atoms. The highest BCUT2D eigenvalue weighted by Crippen LogP contribution is 2.25. The van der Waals surface area contributed by atoms with Gasteiger partial charge in [-0.05, 0) is 49.4 Å². The molecule has 0 aliphatic carbocycles. The Balaban J connectivity index is 1.97. The Morgan fingerprint density at radius 1 is 1.15 bits per heavy atom. The summed E-state index contributed by atoms with van der Waals surface area (Å²) >= 11 is 1.32. The first kappa shape index (κ1) is 12.6. The van der Waals surface area contributed by atoms with E-state index in [9.17, 15) is 0 Å². The number of nitriles is 1. The van der Waals surface area contributed by atoms with Crippen molar-refractivity contribution in [3.05, 3.63) is 41.2 Å². The summed E-state index contributed by atoms with van der Waals surface area (Å²) < 4.78 is 0. The first-order valence-electron chi connectivity index (χ1n) is 6.04. The van der Waals surface area contributed by atoms with E-state index in [2.05, 4.69) is 19.9 Å². The van der Waals surface area contributed by atoms with Crippen molar-refractivity contribution >= 4 is 22.8 Å². The number of aromatic nitrogens is 4. The maximum absolute atomic E-state index is 8.92. The van der Waals surface area contributed by atoms with Crippen molar-refractivity contribution in [1.29, 1.82) is 5.26 Å². The van der Waals surface area contributed by atoms with E-state index in [1.54, 1.807) is 6.07 Å². The van der Waals surface area contributed by atoms with Crippen molar-refractivity contribution in [1.82, 2.24) is 19.9 Å². The standard InChI is InChI=1S/C14H11N5S/c1-8-3-4-11-12(5-8)19-14(18-11)20-13-16-9(2)6-10(7-15)17-13/h3-6H,1-2H3,(H,18,19). The van der Waals surface area contributed by atoms with Crippen molar-refractivity contribution < 1.29 is 0 Å². The van der Waals surface area contributed by atoms with E-state index in [1.807, 2.05) is 38.1 Å². The summed E-state index contributed by atoms with van der Waals surface area (Å²) in [6.45, 7) is 3.88. The van der Waals surface area contributed by atoms with Crippen LogP contribution in [-0.4, -0.2) is 19.9 Å². The van der Waals surface area contributed by atoms with Crippen LogP contribution >= 0.6 is 11.8 Å². The van der Waals surface area contributed by atoms with Crippen LogP contribution in [0.15, 0.2) is 34.6 Å². The lowest BCUT2D eigenvalue weighted by molar-refractivity contribution is 0.912. The van der Waals surface area contributed by atoms with Gasteiger partial charge in [-0.15, -0.1) is 0 Å². The molecule has 0 atom stereocenters. The van der Waals surface area contributed by atoms with Crippen LogP contribution in [0, 0.1) is 25.2 Å². The lowest BCUT2D eigenvalue weighted by atomic mass is 10.2.